The Hall–Kier alpha value is -0.570. The van der Waals surface area contributed by atoms with E-state index < -0.39 is 0 Å². The van der Waals surface area contributed by atoms with Crippen LogP contribution in [0.1, 0.15) is 26.2 Å². The zero-order chi connectivity index (χ0) is 9.84. The fraction of sp³-hybridized carbons (Fsp3) is 0.500. The number of hydrogen-bond acceptors (Lipinski definition) is 2. The van der Waals surface area contributed by atoms with E-state index in [1.165, 1.54) is 0 Å². The van der Waals surface area contributed by atoms with E-state index in [1.807, 2.05) is 0 Å². The fourth-order valence-electron chi connectivity index (χ4n) is 1.32. The summed E-state index contributed by atoms with van der Waals surface area (Å²) in [7, 11) is 0. The van der Waals surface area contributed by atoms with E-state index in [0.717, 1.165) is 17.3 Å². The van der Waals surface area contributed by atoms with Crippen molar-refractivity contribution in [2.75, 3.05) is 0 Å². The number of ether oxygens (including phenoxy) is 1. The molecule has 13 heavy (non-hydrogen) atoms. The highest BCUT2D eigenvalue weighted by Crippen LogP contribution is 2.32. The number of carbonyl (C=O) groups excluding carboxylic acids is 1. The largest absolute Gasteiger partial charge is 0.454 e. The Labute approximate surface area is 86.8 Å². The van der Waals surface area contributed by atoms with Gasteiger partial charge in [0, 0.05) is 4.48 Å². The van der Waals surface area contributed by atoms with Gasteiger partial charge in [-0.2, -0.15) is 0 Å². The lowest BCUT2D eigenvalue weighted by Crippen LogP contribution is -2.08. The van der Waals surface area contributed by atoms with Gasteiger partial charge in [0.25, 0.3) is 0 Å². The third-order valence-corrected chi connectivity index (χ3v) is 2.96. The normalized spacial score (nSPS) is 22.0. The summed E-state index contributed by atoms with van der Waals surface area (Å²) in [4.78, 5) is 11.3. The van der Waals surface area contributed by atoms with Crippen LogP contribution in [0.15, 0.2) is 22.7 Å². The topological polar surface area (TPSA) is 26.3 Å². The molecule has 0 fully saturated rings. The summed E-state index contributed by atoms with van der Waals surface area (Å²) in [5.74, 6) is -0.203. The summed E-state index contributed by atoms with van der Waals surface area (Å²) in [5.41, 5.74) is 0.716. The van der Waals surface area contributed by atoms with E-state index in [2.05, 4.69) is 29.4 Å². The van der Waals surface area contributed by atoms with Crippen molar-refractivity contribution in [1.29, 1.82) is 0 Å². The summed E-state index contributed by atoms with van der Waals surface area (Å²) < 4.78 is 6.07. The molecule has 0 aromatic carbocycles. The molecule has 1 unspecified atom stereocenters. The second kappa shape index (κ2) is 4.61. The quantitative estimate of drug-likeness (QED) is 0.562. The van der Waals surface area contributed by atoms with Gasteiger partial charge in [-0.1, -0.05) is 35.4 Å². The van der Waals surface area contributed by atoms with E-state index in [-0.39, 0.29) is 12.1 Å². The smallest absolute Gasteiger partial charge is 0.335 e. The standard InChI is InChI=1S/C10H13BrO2/c1-3-5-7-9(11)8(6-4-2)13-10(7)12/h3,8H,1,4-6H2,2H3. The lowest BCUT2D eigenvalue weighted by Gasteiger charge is -2.07. The first-order valence-electron chi connectivity index (χ1n) is 4.41. The van der Waals surface area contributed by atoms with Gasteiger partial charge in [-0.15, -0.1) is 6.58 Å². The van der Waals surface area contributed by atoms with Gasteiger partial charge in [0.2, 0.25) is 0 Å². The van der Waals surface area contributed by atoms with Crippen LogP contribution in [0.5, 0.6) is 0 Å². The predicted octanol–water partition coefficient (Wildman–Crippen LogP) is 2.94. The Kier molecular flexibility index (Phi) is 3.72. The highest BCUT2D eigenvalue weighted by Gasteiger charge is 2.30. The highest BCUT2D eigenvalue weighted by molar-refractivity contribution is 9.11. The van der Waals surface area contributed by atoms with Crippen molar-refractivity contribution in [2.45, 2.75) is 32.3 Å². The molecule has 0 aromatic rings. The second-order valence-electron chi connectivity index (χ2n) is 3.00. The second-order valence-corrected chi connectivity index (χ2v) is 3.86. The average Bonchev–Trinajstić information content (AvgIpc) is 2.34. The number of halogens is 1. The summed E-state index contributed by atoms with van der Waals surface area (Å²) in [6.07, 6.45) is 4.13. The van der Waals surface area contributed by atoms with Crippen molar-refractivity contribution >= 4 is 21.9 Å². The van der Waals surface area contributed by atoms with Gasteiger partial charge in [0.05, 0.1) is 5.57 Å². The van der Waals surface area contributed by atoms with Crippen LogP contribution in [0.3, 0.4) is 0 Å². The number of cyclic esters (lactones) is 1. The van der Waals surface area contributed by atoms with Crippen LogP contribution in [0.25, 0.3) is 0 Å². The molecule has 1 rings (SSSR count). The molecule has 0 N–H and O–H groups in total. The zero-order valence-corrected chi connectivity index (χ0v) is 9.26. The number of carbonyl (C=O) groups is 1. The van der Waals surface area contributed by atoms with Crippen molar-refractivity contribution in [2.24, 2.45) is 0 Å². The molecule has 0 aromatic heterocycles. The summed E-state index contributed by atoms with van der Waals surface area (Å²) in [6.45, 7) is 5.67. The molecule has 1 atom stereocenters. The van der Waals surface area contributed by atoms with Gasteiger partial charge in [0.1, 0.15) is 6.10 Å². The van der Waals surface area contributed by atoms with Gasteiger partial charge in [-0.3, -0.25) is 0 Å². The zero-order valence-electron chi connectivity index (χ0n) is 7.68. The van der Waals surface area contributed by atoms with E-state index in [0.29, 0.717) is 12.0 Å². The van der Waals surface area contributed by atoms with Crippen LogP contribution < -0.4 is 0 Å². The monoisotopic (exact) mass is 244 g/mol. The van der Waals surface area contributed by atoms with E-state index >= 15 is 0 Å². The number of esters is 1. The van der Waals surface area contributed by atoms with E-state index in [1.54, 1.807) is 6.08 Å². The van der Waals surface area contributed by atoms with Crippen LogP contribution in [0, 0.1) is 0 Å². The van der Waals surface area contributed by atoms with Crippen LogP contribution in [-0.2, 0) is 9.53 Å². The molecule has 0 amide bonds. The molecular formula is C10H13BrO2. The first-order chi connectivity index (χ1) is 6.20. The maximum Gasteiger partial charge on any atom is 0.335 e. The minimum absolute atomic E-state index is 0.0625. The Morgan fingerprint density at radius 1 is 1.69 bits per heavy atom. The summed E-state index contributed by atoms with van der Waals surface area (Å²) >= 11 is 3.40. The van der Waals surface area contributed by atoms with Gasteiger partial charge >= 0.3 is 5.97 Å². The van der Waals surface area contributed by atoms with Crippen LogP contribution in [0.2, 0.25) is 0 Å². The highest BCUT2D eigenvalue weighted by atomic mass is 79.9. The lowest BCUT2D eigenvalue weighted by atomic mass is 10.1. The van der Waals surface area contributed by atoms with Crippen molar-refractivity contribution in [3.05, 3.63) is 22.7 Å². The molecule has 1 aliphatic heterocycles. The number of rotatable bonds is 4. The van der Waals surface area contributed by atoms with Crippen molar-refractivity contribution in [1.82, 2.24) is 0 Å². The SMILES string of the molecule is C=CCC1=C(Br)C(CCC)OC1=O. The van der Waals surface area contributed by atoms with Gasteiger partial charge in [0.15, 0.2) is 0 Å². The van der Waals surface area contributed by atoms with Gasteiger partial charge in [-0.05, 0) is 12.8 Å². The molecule has 0 spiro atoms. The van der Waals surface area contributed by atoms with Crippen molar-refractivity contribution < 1.29 is 9.53 Å². The molecular weight excluding hydrogens is 232 g/mol. The van der Waals surface area contributed by atoms with E-state index in [4.69, 9.17) is 4.74 Å². The Balaban J connectivity index is 2.76. The van der Waals surface area contributed by atoms with Gasteiger partial charge < -0.3 is 4.74 Å². The fourth-order valence-corrected chi connectivity index (χ4v) is 1.96. The van der Waals surface area contributed by atoms with E-state index in [9.17, 15) is 4.79 Å². The summed E-state index contributed by atoms with van der Waals surface area (Å²) in [6, 6.07) is 0. The average molecular weight is 245 g/mol. The molecule has 0 radical (unpaired) electrons. The lowest BCUT2D eigenvalue weighted by molar-refractivity contribution is -0.139. The first kappa shape index (κ1) is 10.5. The molecule has 1 heterocycles. The molecule has 0 aliphatic carbocycles. The molecule has 2 nitrogen and oxygen atoms in total. The van der Waals surface area contributed by atoms with Crippen molar-refractivity contribution in [3.63, 3.8) is 0 Å². The Morgan fingerprint density at radius 3 is 2.92 bits per heavy atom. The Bertz CT molecular complexity index is 256. The minimum Gasteiger partial charge on any atom is -0.454 e. The molecule has 72 valence electrons. The maximum atomic E-state index is 11.3. The maximum absolute atomic E-state index is 11.3. The van der Waals surface area contributed by atoms with Crippen molar-refractivity contribution in [3.8, 4) is 0 Å². The third-order valence-electron chi connectivity index (χ3n) is 1.97. The number of hydrogen-bond donors (Lipinski definition) is 0. The van der Waals surface area contributed by atoms with Crippen LogP contribution in [-0.4, -0.2) is 12.1 Å². The summed E-state index contributed by atoms with van der Waals surface area (Å²) in [5, 5.41) is 0. The van der Waals surface area contributed by atoms with Gasteiger partial charge in [-0.25, -0.2) is 4.79 Å². The molecule has 0 saturated carbocycles. The molecule has 0 saturated heterocycles. The van der Waals surface area contributed by atoms with Crippen LogP contribution >= 0.6 is 15.9 Å². The first-order valence-corrected chi connectivity index (χ1v) is 5.20. The minimum atomic E-state index is -0.203. The predicted molar refractivity (Wildman–Crippen MR) is 55.6 cm³/mol. The third kappa shape index (κ3) is 2.21. The number of allylic oxidation sites excluding steroid dienone is 1. The Morgan fingerprint density at radius 2 is 2.38 bits per heavy atom. The molecule has 0 bridgehead atoms. The van der Waals surface area contributed by atoms with Crippen LogP contribution in [0.4, 0.5) is 0 Å². The molecule has 1 aliphatic rings. The molecule has 3 heteroatoms.